The number of carbonyl (C=O) groups excluding carboxylic acids is 2. The van der Waals surface area contributed by atoms with Crippen molar-refractivity contribution >= 4 is 34.0 Å². The zero-order valence-electron chi connectivity index (χ0n) is 41.8. The number of hydrazone groups is 1. The van der Waals surface area contributed by atoms with Gasteiger partial charge in [0, 0.05) is 68.1 Å². The summed E-state index contributed by atoms with van der Waals surface area (Å²) in [6, 6.07) is 33.3. The first-order chi connectivity index (χ1) is 35.0. The zero-order valence-corrected chi connectivity index (χ0v) is 44.6. The fourth-order valence-corrected chi connectivity index (χ4v) is 8.06. The molecule has 0 radical (unpaired) electrons. The van der Waals surface area contributed by atoms with Crippen LogP contribution < -0.4 is 50.4 Å². The van der Waals surface area contributed by atoms with Gasteiger partial charge >= 0.3 is 29.6 Å². The Labute approximate surface area is 449 Å². The molecule has 3 N–H and O–H groups in total. The molecule has 6 aromatic rings. The van der Waals surface area contributed by atoms with Gasteiger partial charge in [0.15, 0.2) is 5.82 Å². The van der Waals surface area contributed by atoms with Crippen molar-refractivity contribution in [1.29, 1.82) is 0 Å². The molecule has 0 atom stereocenters. The number of nitrogens with zero attached hydrogens (tertiary/aromatic N) is 7. The van der Waals surface area contributed by atoms with Crippen molar-refractivity contribution in [1.82, 2.24) is 40.8 Å². The molecule has 3 heterocycles. The van der Waals surface area contributed by atoms with Gasteiger partial charge in [-0.05, 0) is 84.3 Å². The molecule has 2 amide bonds. The number of anilines is 1. The molecule has 0 spiro atoms. The maximum atomic E-state index is 12.5. The summed E-state index contributed by atoms with van der Waals surface area (Å²) in [5.74, 6) is 1.39. The summed E-state index contributed by atoms with van der Waals surface area (Å²) in [6.45, 7) is 8.88. The zero-order chi connectivity index (χ0) is 50.9. The number of aryl methyl sites for hydroxylation is 1. The third-order valence-corrected chi connectivity index (χ3v) is 12.1. The number of benzene rings is 3. The van der Waals surface area contributed by atoms with E-state index in [4.69, 9.17) is 23.9 Å². The molecular weight excluding hydrogens is 964 g/mol. The predicted molar refractivity (Wildman–Crippen MR) is 271 cm³/mol. The second kappa shape index (κ2) is 30.9. The molecule has 0 saturated heterocycles. The predicted octanol–water partition coefficient (Wildman–Crippen LogP) is 3.83. The Kier molecular flexibility index (Phi) is 24.5. The number of amides is 2. The number of tetrazole rings is 1. The molecule has 3 aromatic heterocycles. The maximum Gasteiger partial charge on any atom is 1.00 e. The number of aromatic nitrogens is 6. The number of unbranched alkanes of at least 4 members (excludes halogenated alkanes) is 1. The summed E-state index contributed by atoms with van der Waals surface area (Å²) in [4.78, 5) is 33.6. The van der Waals surface area contributed by atoms with E-state index in [0.29, 0.717) is 109 Å². The Morgan fingerprint density at radius 1 is 0.740 bits per heavy atom. The molecule has 0 aliphatic carbocycles. The molecule has 0 unspecified atom stereocenters. The number of hydrogen-bond donors (Lipinski definition) is 3. The number of hydrogen-bond acceptors (Lipinski definition) is 16. The Bertz CT molecular complexity index is 2680. The molecule has 6 rings (SSSR count). The fraction of sp³-hybridized carbons (Fsp3) is 0.385. The summed E-state index contributed by atoms with van der Waals surface area (Å²) in [6.07, 6.45) is 7.45. The molecule has 3 aromatic carbocycles. The maximum absolute atomic E-state index is 12.5. The first-order valence-corrected chi connectivity index (χ1v) is 25.5. The summed E-state index contributed by atoms with van der Waals surface area (Å²) in [5, 5.41) is 22.2. The van der Waals surface area contributed by atoms with Crippen LogP contribution in [0.1, 0.15) is 80.5 Å². The van der Waals surface area contributed by atoms with Crippen LogP contribution in [0.5, 0.6) is 5.88 Å². The van der Waals surface area contributed by atoms with E-state index >= 15 is 0 Å². The molecule has 21 heteroatoms. The van der Waals surface area contributed by atoms with E-state index in [1.165, 1.54) is 30.6 Å². The second-order valence-corrected chi connectivity index (χ2v) is 18.6. The first-order valence-electron chi connectivity index (χ1n) is 24.1. The summed E-state index contributed by atoms with van der Waals surface area (Å²) in [5.41, 5.74) is 6.92. The quantitative estimate of drug-likeness (QED) is 0.0179. The largest absolute Gasteiger partial charge is 1.00 e. The van der Waals surface area contributed by atoms with E-state index in [-0.39, 0.29) is 57.2 Å². The molecule has 0 fully saturated rings. The van der Waals surface area contributed by atoms with Crippen LogP contribution in [0.15, 0.2) is 125 Å². The smallest absolute Gasteiger partial charge is 0.744 e. The summed E-state index contributed by atoms with van der Waals surface area (Å²) in [7, 11) is -4.65. The van der Waals surface area contributed by atoms with Gasteiger partial charge in [-0.15, -0.1) is 5.10 Å². The normalized spacial score (nSPS) is 11.5. The van der Waals surface area contributed by atoms with E-state index < -0.39 is 10.1 Å². The van der Waals surface area contributed by atoms with Crippen molar-refractivity contribution in [2.24, 2.45) is 5.10 Å². The van der Waals surface area contributed by atoms with Crippen LogP contribution >= 0.6 is 0 Å². The van der Waals surface area contributed by atoms with Gasteiger partial charge in [0.2, 0.25) is 11.8 Å². The van der Waals surface area contributed by atoms with Gasteiger partial charge in [-0.25, -0.2) is 23.1 Å². The van der Waals surface area contributed by atoms with E-state index in [1.807, 2.05) is 47.1 Å². The van der Waals surface area contributed by atoms with Crippen molar-refractivity contribution in [3.63, 3.8) is 0 Å². The number of carbonyl (C=O) groups is 2. The SMILES string of the molecule is CC(C)(CCCCOc1cc(-c2ccccc2)cc(-c2ccccc2)n1)c1nnnn1CCCC(=O)NCCCOCCOCCOCCCNC(=O)c1ccc(N/N=C/c2ccccc2S(=O)(=O)[O-])nc1.[Na+]. The van der Waals surface area contributed by atoms with Crippen LogP contribution in [-0.4, -0.2) is 121 Å². The molecular formula is C52H63N10NaO9S. The number of ether oxygens (including phenoxy) is 4. The Morgan fingerprint density at radius 2 is 1.40 bits per heavy atom. The molecule has 382 valence electrons. The Morgan fingerprint density at radius 3 is 2.08 bits per heavy atom. The average molecular weight is 1030 g/mol. The van der Waals surface area contributed by atoms with Gasteiger partial charge in [-0.3, -0.25) is 15.0 Å². The molecule has 0 saturated carbocycles. The van der Waals surface area contributed by atoms with Crippen LogP contribution in [0.25, 0.3) is 22.4 Å². The van der Waals surface area contributed by atoms with Gasteiger partial charge in [0.05, 0.1) is 55.4 Å². The molecule has 0 bridgehead atoms. The van der Waals surface area contributed by atoms with Gasteiger partial charge in [-0.1, -0.05) is 92.7 Å². The van der Waals surface area contributed by atoms with Gasteiger partial charge in [-0.2, -0.15) is 5.10 Å². The monoisotopic (exact) mass is 1030 g/mol. The van der Waals surface area contributed by atoms with Crippen LogP contribution in [0.3, 0.4) is 0 Å². The third-order valence-electron chi connectivity index (χ3n) is 11.2. The van der Waals surface area contributed by atoms with Crippen LogP contribution in [0, 0.1) is 0 Å². The minimum atomic E-state index is -4.65. The number of rotatable bonds is 32. The van der Waals surface area contributed by atoms with Crippen molar-refractivity contribution < 1.29 is 71.1 Å². The van der Waals surface area contributed by atoms with Gasteiger partial charge < -0.3 is 34.1 Å². The topological polar surface area (TPSA) is 246 Å². The van der Waals surface area contributed by atoms with Crippen molar-refractivity contribution in [3.8, 4) is 28.3 Å². The van der Waals surface area contributed by atoms with Gasteiger partial charge in [0.1, 0.15) is 15.9 Å². The van der Waals surface area contributed by atoms with Crippen LogP contribution in [-0.2, 0) is 41.1 Å². The van der Waals surface area contributed by atoms with Crippen molar-refractivity contribution in [2.45, 2.75) is 75.6 Å². The van der Waals surface area contributed by atoms with E-state index in [9.17, 15) is 22.6 Å². The summed E-state index contributed by atoms with van der Waals surface area (Å²) < 4.78 is 59.1. The molecule has 19 nitrogen and oxygen atoms in total. The van der Waals surface area contributed by atoms with Gasteiger partial charge in [0.25, 0.3) is 5.91 Å². The van der Waals surface area contributed by atoms with E-state index in [0.717, 1.165) is 47.5 Å². The van der Waals surface area contributed by atoms with Crippen molar-refractivity contribution in [2.75, 3.05) is 64.8 Å². The Hall–Kier alpha value is -5.97. The minimum absolute atomic E-state index is 0. The molecule has 73 heavy (non-hydrogen) atoms. The third kappa shape index (κ3) is 20.1. The second-order valence-electron chi connectivity index (χ2n) is 17.3. The van der Waals surface area contributed by atoms with Crippen molar-refractivity contribution in [3.05, 3.63) is 132 Å². The minimum Gasteiger partial charge on any atom is -0.744 e. The number of nitrogens with one attached hydrogen (secondary N) is 3. The average Bonchev–Trinajstić information content (AvgIpc) is 3.87. The molecule has 0 aliphatic heterocycles. The standard InChI is InChI=1S/C52H64N10O9S.Na/c1-52(2,25-11-12-31-71-49-37-44(40-16-5-3-6-17-40)36-45(57-49)41-18-7-4-8-19-41)51-59-60-61-62(51)28-13-22-48(63)53-26-14-29-68-32-34-70-35-33-69-30-15-27-54-50(64)43-23-24-47(55-38-43)58-56-39-42-20-9-10-21-46(42)72(65,66)67;/h3-10,16-21,23-24,36-39H,11-15,22,25-35H2,1-2H3,(H,53,63)(H,54,64)(H,55,58)(H,65,66,67);/q;+1/p-1/b56-39+;. The van der Waals surface area contributed by atoms with E-state index in [1.54, 1.807) is 18.2 Å². The van der Waals surface area contributed by atoms with E-state index in [2.05, 4.69) is 85.8 Å². The van der Waals surface area contributed by atoms with Crippen LogP contribution in [0.2, 0.25) is 0 Å². The number of pyridine rings is 2. The molecule has 0 aliphatic rings. The van der Waals surface area contributed by atoms with Crippen LogP contribution in [0.4, 0.5) is 5.82 Å². The Balaban J connectivity index is 0.00000988. The summed E-state index contributed by atoms with van der Waals surface area (Å²) >= 11 is 0. The fourth-order valence-electron chi connectivity index (χ4n) is 7.41. The first kappa shape index (κ1) is 57.9.